The second-order valence-electron chi connectivity index (χ2n) is 3.20. The molecule has 17 heavy (non-hydrogen) atoms. The number of alkyl halides is 1. The molecule has 0 fully saturated rings. The molecule has 0 spiro atoms. The first-order valence-electron chi connectivity index (χ1n) is 4.15. The van der Waals surface area contributed by atoms with Gasteiger partial charge in [-0.25, -0.2) is 8.57 Å². The number of rotatable bonds is 4. The van der Waals surface area contributed by atoms with Crippen LogP contribution in [0.15, 0.2) is 24.3 Å². The summed E-state index contributed by atoms with van der Waals surface area (Å²) in [6.07, 6.45) is 0. The lowest BCUT2D eigenvalue weighted by molar-refractivity contribution is 0.155. The lowest BCUT2D eigenvalue weighted by atomic mass is 10.1. The maximum Gasteiger partial charge on any atom is 0.397 e. The molecule has 0 N–H and O–H groups in total. The van der Waals surface area contributed by atoms with Crippen molar-refractivity contribution in [3.63, 3.8) is 0 Å². The highest BCUT2D eigenvalue weighted by Crippen LogP contribution is 2.98. The number of benzene rings is 1. The van der Waals surface area contributed by atoms with Gasteiger partial charge in [-0.05, 0) is 17.7 Å². The molecule has 0 aromatic heterocycles. The van der Waals surface area contributed by atoms with Gasteiger partial charge in [0.25, 0.3) is 0 Å². The average Bonchev–Trinajstić information content (AvgIpc) is 2.12. The molecule has 0 radical (unpaired) electrons. The van der Waals surface area contributed by atoms with E-state index in [2.05, 4.69) is 4.18 Å². The third-order valence-electron chi connectivity index (χ3n) is 1.67. The molecule has 0 saturated carbocycles. The van der Waals surface area contributed by atoms with Crippen molar-refractivity contribution >= 4 is 22.1 Å². The molecule has 1 aromatic carbocycles. The van der Waals surface area contributed by atoms with Crippen molar-refractivity contribution in [1.82, 2.24) is 0 Å². The van der Waals surface area contributed by atoms with E-state index in [-0.39, 0.29) is 5.56 Å². The Morgan fingerprint density at radius 3 is 1.94 bits per heavy atom. The van der Waals surface area contributed by atoms with Crippen molar-refractivity contribution in [3.8, 4) is 0 Å². The third kappa shape index (κ3) is 6.04. The van der Waals surface area contributed by atoms with Gasteiger partial charge in [0.2, 0.25) is 0 Å². The normalized spacial score (nSPS) is 18.3. The predicted octanol–water partition coefficient (Wildman–Crippen LogP) is 5.34. The molecule has 0 aliphatic carbocycles. The highest BCUT2D eigenvalue weighted by molar-refractivity contribution is 8.42. The Hall–Kier alpha value is -0.600. The van der Waals surface area contributed by atoms with Crippen LogP contribution >= 0.6 is 22.1 Å². The van der Waals surface area contributed by atoms with E-state index in [9.17, 15) is 23.8 Å². The number of halogens is 7. The van der Waals surface area contributed by atoms with Crippen molar-refractivity contribution < 1.29 is 28.0 Å². The molecule has 1 atom stereocenters. The standard InChI is InChI=1S/C8H7ClF6OS/c9-8(5-16-17(11,12,13,14)15)6-1-3-7(10)4-2-6/h1-4,8H,5H2. The topological polar surface area (TPSA) is 9.23 Å². The van der Waals surface area contributed by atoms with Crippen LogP contribution < -0.4 is 0 Å². The molecule has 100 valence electrons. The minimum atomic E-state index is -9.91. The Morgan fingerprint density at radius 2 is 1.53 bits per heavy atom. The molecule has 1 unspecified atom stereocenters. The van der Waals surface area contributed by atoms with Gasteiger partial charge in [-0.3, -0.25) is 0 Å². The number of hydrogen-bond donors (Lipinski definition) is 0. The van der Waals surface area contributed by atoms with Gasteiger partial charge in [-0.2, -0.15) is 0 Å². The highest BCUT2D eigenvalue weighted by atomic mass is 35.5. The van der Waals surface area contributed by atoms with Gasteiger partial charge in [-0.1, -0.05) is 31.6 Å². The van der Waals surface area contributed by atoms with Crippen LogP contribution in [-0.4, -0.2) is 6.61 Å². The third-order valence-corrected chi connectivity index (χ3v) is 2.63. The zero-order valence-electron chi connectivity index (χ0n) is 8.06. The van der Waals surface area contributed by atoms with Crippen LogP contribution in [0.25, 0.3) is 0 Å². The highest BCUT2D eigenvalue weighted by Gasteiger charge is 2.65. The second kappa shape index (κ2) is 3.69. The summed E-state index contributed by atoms with van der Waals surface area (Å²) in [7, 11) is -9.91. The van der Waals surface area contributed by atoms with Gasteiger partial charge in [0, 0.05) is 0 Å². The van der Waals surface area contributed by atoms with Crippen molar-refractivity contribution in [2.75, 3.05) is 6.61 Å². The van der Waals surface area contributed by atoms with Crippen LogP contribution in [0.4, 0.5) is 23.8 Å². The average molecular weight is 301 g/mol. The zero-order chi connectivity index (χ0) is 13.4. The van der Waals surface area contributed by atoms with Crippen molar-refractivity contribution in [1.29, 1.82) is 0 Å². The quantitative estimate of drug-likeness (QED) is 0.539. The van der Waals surface area contributed by atoms with Crippen LogP contribution in [0.5, 0.6) is 0 Å². The molecule has 0 heterocycles. The summed E-state index contributed by atoms with van der Waals surface area (Å²) in [4.78, 5) is 0. The zero-order valence-corrected chi connectivity index (χ0v) is 9.63. The van der Waals surface area contributed by atoms with Crippen LogP contribution in [-0.2, 0) is 4.18 Å². The minimum Gasteiger partial charge on any atom is -0.238 e. The summed E-state index contributed by atoms with van der Waals surface area (Å²) in [5, 5.41) is -1.45. The van der Waals surface area contributed by atoms with Crippen LogP contribution in [0.2, 0.25) is 0 Å². The van der Waals surface area contributed by atoms with Gasteiger partial charge in [0.15, 0.2) is 0 Å². The molecular weight excluding hydrogens is 294 g/mol. The van der Waals surface area contributed by atoms with Crippen molar-refractivity contribution in [2.24, 2.45) is 0 Å². The Kier molecular flexibility index (Phi) is 3.14. The van der Waals surface area contributed by atoms with E-state index in [1.807, 2.05) is 0 Å². The van der Waals surface area contributed by atoms with Gasteiger partial charge >= 0.3 is 10.5 Å². The van der Waals surface area contributed by atoms with Gasteiger partial charge in [0.05, 0.1) is 12.0 Å². The molecule has 9 heteroatoms. The molecule has 0 bridgehead atoms. The van der Waals surface area contributed by atoms with Crippen molar-refractivity contribution in [3.05, 3.63) is 35.6 Å². The molecule has 0 amide bonds. The van der Waals surface area contributed by atoms with Gasteiger partial charge in [0.1, 0.15) is 5.82 Å². The summed E-state index contributed by atoms with van der Waals surface area (Å²) in [6.45, 7) is -1.44. The van der Waals surface area contributed by atoms with Gasteiger partial charge in [-0.15, -0.1) is 11.6 Å². The monoisotopic (exact) mass is 300 g/mol. The first kappa shape index (κ1) is 14.5. The number of hydrogen-bond acceptors (Lipinski definition) is 1. The Morgan fingerprint density at radius 1 is 1.06 bits per heavy atom. The Balaban J connectivity index is 2.69. The van der Waals surface area contributed by atoms with E-state index < -0.39 is 28.3 Å². The summed E-state index contributed by atoms with van der Waals surface area (Å²) in [5.41, 5.74) is 0.0508. The first-order valence-corrected chi connectivity index (χ1v) is 6.47. The predicted molar refractivity (Wildman–Crippen MR) is 54.1 cm³/mol. The van der Waals surface area contributed by atoms with Crippen LogP contribution in [0.3, 0.4) is 0 Å². The molecule has 1 aromatic rings. The lowest BCUT2D eigenvalue weighted by Crippen LogP contribution is -2.14. The second-order valence-corrected chi connectivity index (χ2v) is 5.76. The Bertz CT molecular complexity index is 401. The summed E-state index contributed by atoms with van der Waals surface area (Å²) < 4.78 is 74.3. The van der Waals surface area contributed by atoms with E-state index in [0.29, 0.717) is 0 Å². The van der Waals surface area contributed by atoms with E-state index in [1.54, 1.807) is 0 Å². The van der Waals surface area contributed by atoms with E-state index in [4.69, 9.17) is 11.6 Å². The maximum atomic E-state index is 12.5. The fraction of sp³-hybridized carbons (Fsp3) is 0.250. The first-order chi connectivity index (χ1) is 7.36. The largest absolute Gasteiger partial charge is 0.397 e. The smallest absolute Gasteiger partial charge is 0.238 e. The minimum absolute atomic E-state index is 0.0508. The molecule has 0 aliphatic heterocycles. The van der Waals surface area contributed by atoms with Crippen molar-refractivity contribution in [2.45, 2.75) is 5.38 Å². The van der Waals surface area contributed by atoms with E-state index >= 15 is 0 Å². The molecule has 1 rings (SSSR count). The molecule has 0 saturated heterocycles. The lowest BCUT2D eigenvalue weighted by Gasteiger charge is -2.39. The summed E-state index contributed by atoms with van der Waals surface area (Å²) in [5.74, 6) is -0.619. The summed E-state index contributed by atoms with van der Waals surface area (Å²) in [6, 6.07) is 4.07. The molecule has 0 aliphatic rings. The van der Waals surface area contributed by atoms with Crippen LogP contribution in [0, 0.1) is 5.82 Å². The molecular formula is C8H7ClF6OS. The van der Waals surface area contributed by atoms with E-state index in [0.717, 1.165) is 24.3 Å². The van der Waals surface area contributed by atoms with Crippen LogP contribution in [0.1, 0.15) is 10.9 Å². The fourth-order valence-electron chi connectivity index (χ4n) is 0.956. The maximum absolute atomic E-state index is 12.5. The van der Waals surface area contributed by atoms with E-state index in [1.165, 1.54) is 0 Å². The SMILES string of the molecule is Fc1ccc(C(Cl)COS(F)(F)(F)(F)F)cc1. The Labute approximate surface area is 98.3 Å². The molecule has 1 nitrogen and oxygen atoms in total. The summed E-state index contributed by atoms with van der Waals surface area (Å²) >= 11 is 5.43. The van der Waals surface area contributed by atoms with Gasteiger partial charge < -0.3 is 0 Å². The fourth-order valence-corrected chi connectivity index (χ4v) is 1.63.